The third kappa shape index (κ3) is 5.47. The number of aromatic nitrogens is 1. The van der Waals surface area contributed by atoms with Crippen molar-refractivity contribution in [3.05, 3.63) is 149 Å². The lowest BCUT2D eigenvalue weighted by Gasteiger charge is -2.15. The first-order valence-electron chi connectivity index (χ1n) is 13.2. The molecule has 6 rings (SSSR count). The van der Waals surface area contributed by atoms with Gasteiger partial charge < -0.3 is 9.88 Å². The molecule has 0 aliphatic carbocycles. The van der Waals surface area contributed by atoms with Crippen LogP contribution >= 0.6 is 15.9 Å². The fourth-order valence-electron chi connectivity index (χ4n) is 4.98. The van der Waals surface area contributed by atoms with Crippen LogP contribution in [0.25, 0.3) is 45.1 Å². The topological polar surface area (TPSA) is 57.8 Å². The van der Waals surface area contributed by atoms with Crippen LogP contribution in [0.1, 0.15) is 5.56 Å². The van der Waals surface area contributed by atoms with Gasteiger partial charge in [0.05, 0.1) is 11.4 Å². The van der Waals surface area contributed by atoms with Crippen molar-refractivity contribution in [2.24, 2.45) is 0 Å². The molecule has 0 bridgehead atoms. The van der Waals surface area contributed by atoms with Crippen molar-refractivity contribution in [2.45, 2.75) is 0 Å². The highest BCUT2D eigenvalue weighted by atomic mass is 79.9. The molecule has 0 saturated carbocycles. The summed E-state index contributed by atoms with van der Waals surface area (Å²) < 4.78 is 3.16. The van der Waals surface area contributed by atoms with Crippen LogP contribution < -0.4 is 5.32 Å². The Labute approximate surface area is 247 Å². The maximum Gasteiger partial charge on any atom is 0.266 e. The molecule has 1 aromatic heterocycles. The van der Waals surface area contributed by atoms with Crippen LogP contribution in [0.5, 0.6) is 0 Å². The maximum atomic E-state index is 13.4. The molecular weight excluding hydrogens is 570 g/mol. The van der Waals surface area contributed by atoms with Crippen LogP contribution in [0.15, 0.2) is 144 Å². The summed E-state index contributed by atoms with van der Waals surface area (Å²) in [6.07, 6.45) is 1.68. The fraction of sp³-hybridized carbons (Fsp3) is 0. The Morgan fingerprint density at radius 1 is 0.732 bits per heavy atom. The normalized spacial score (nSPS) is 11.3. The second-order valence-electron chi connectivity index (χ2n) is 9.56. The first-order valence-corrected chi connectivity index (χ1v) is 13.9. The SMILES string of the molecule is N#C/C(=C\c1cc(-c2ccccc2)n(-c2ccc(Br)cc2)c1-c1ccccc1)C(=O)Nc1ccc2ccccc2c1. The number of nitrogens with zero attached hydrogens (tertiary/aromatic N) is 2. The molecule has 0 spiro atoms. The number of rotatable bonds is 6. The molecule has 4 nitrogen and oxygen atoms in total. The lowest BCUT2D eigenvalue weighted by molar-refractivity contribution is -0.112. The third-order valence-electron chi connectivity index (χ3n) is 6.90. The first-order chi connectivity index (χ1) is 20.1. The lowest BCUT2D eigenvalue weighted by atomic mass is 10.0. The van der Waals surface area contributed by atoms with E-state index >= 15 is 0 Å². The minimum absolute atomic E-state index is 0.0166. The predicted molar refractivity (Wildman–Crippen MR) is 171 cm³/mol. The van der Waals surface area contributed by atoms with Crippen LogP contribution in [0.4, 0.5) is 5.69 Å². The minimum Gasteiger partial charge on any atom is -0.321 e. The number of fused-ring (bicyclic) bond motifs is 1. The number of carbonyl (C=O) groups excluding carboxylic acids is 1. The van der Waals surface area contributed by atoms with Crippen molar-refractivity contribution >= 4 is 44.4 Å². The third-order valence-corrected chi connectivity index (χ3v) is 7.43. The van der Waals surface area contributed by atoms with Crippen molar-refractivity contribution in [1.29, 1.82) is 5.26 Å². The summed E-state index contributed by atoms with van der Waals surface area (Å²) in [5.41, 5.74) is 6.21. The predicted octanol–water partition coefficient (Wildman–Crippen LogP) is 9.27. The number of carbonyl (C=O) groups is 1. The van der Waals surface area contributed by atoms with E-state index in [0.717, 1.165) is 49.0 Å². The molecule has 0 saturated heterocycles. The molecule has 0 radical (unpaired) electrons. The summed E-state index contributed by atoms with van der Waals surface area (Å²) in [5.74, 6) is -0.459. The highest BCUT2D eigenvalue weighted by Crippen LogP contribution is 2.37. The molecule has 0 fully saturated rings. The number of amides is 1. The number of hydrogen-bond donors (Lipinski definition) is 1. The summed E-state index contributed by atoms with van der Waals surface area (Å²) in [7, 11) is 0. The van der Waals surface area contributed by atoms with Crippen molar-refractivity contribution in [1.82, 2.24) is 4.57 Å². The van der Waals surface area contributed by atoms with Gasteiger partial charge in [-0.1, -0.05) is 107 Å². The zero-order valence-electron chi connectivity index (χ0n) is 22.0. The van der Waals surface area contributed by atoms with Crippen molar-refractivity contribution < 1.29 is 4.79 Å². The largest absolute Gasteiger partial charge is 0.321 e. The van der Waals surface area contributed by atoms with Gasteiger partial charge in [-0.05, 0) is 70.4 Å². The van der Waals surface area contributed by atoms with Crippen molar-refractivity contribution in [3.63, 3.8) is 0 Å². The van der Waals surface area contributed by atoms with E-state index in [1.165, 1.54) is 0 Å². The summed E-state index contributed by atoms with van der Waals surface area (Å²) in [6, 6.07) is 46.1. The number of benzene rings is 5. The Morgan fingerprint density at radius 3 is 2.05 bits per heavy atom. The standard InChI is InChI=1S/C36H24BrN3O/c37-31-16-19-33(20-17-31)40-34(26-10-3-1-4-11-26)23-29(35(40)27-12-5-2-6-13-27)21-30(24-38)36(41)39-32-18-15-25-9-7-8-14-28(25)22-32/h1-23H,(H,39,41)/b30-21+. The van der Waals surface area contributed by atoms with E-state index in [0.29, 0.717) is 5.69 Å². The monoisotopic (exact) mass is 593 g/mol. The Hall–Kier alpha value is -5.18. The molecular formula is C36H24BrN3O. The van der Waals surface area contributed by atoms with E-state index in [1.807, 2.05) is 121 Å². The summed E-state index contributed by atoms with van der Waals surface area (Å²) >= 11 is 3.55. The van der Waals surface area contributed by atoms with Gasteiger partial charge >= 0.3 is 0 Å². The lowest BCUT2D eigenvalue weighted by Crippen LogP contribution is -2.13. The van der Waals surface area contributed by atoms with E-state index in [1.54, 1.807) is 6.08 Å². The van der Waals surface area contributed by atoms with Crippen molar-refractivity contribution in [2.75, 3.05) is 5.32 Å². The molecule has 5 heteroatoms. The molecule has 41 heavy (non-hydrogen) atoms. The molecule has 1 N–H and O–H groups in total. The van der Waals surface area contributed by atoms with Crippen LogP contribution in [0.3, 0.4) is 0 Å². The Bertz CT molecular complexity index is 1930. The van der Waals surface area contributed by atoms with Crippen LogP contribution in [-0.2, 0) is 4.79 Å². The number of hydrogen-bond acceptors (Lipinski definition) is 2. The number of nitrogens with one attached hydrogen (secondary N) is 1. The highest BCUT2D eigenvalue weighted by molar-refractivity contribution is 9.10. The molecule has 6 aromatic rings. The number of anilines is 1. The number of halogens is 1. The van der Waals surface area contributed by atoms with Gasteiger partial charge in [-0.15, -0.1) is 0 Å². The zero-order valence-corrected chi connectivity index (χ0v) is 23.5. The fourth-order valence-corrected chi connectivity index (χ4v) is 5.25. The van der Waals surface area contributed by atoms with E-state index in [9.17, 15) is 10.1 Å². The van der Waals surface area contributed by atoms with E-state index in [-0.39, 0.29) is 5.57 Å². The van der Waals surface area contributed by atoms with Gasteiger partial charge in [0.1, 0.15) is 11.6 Å². The smallest absolute Gasteiger partial charge is 0.266 e. The van der Waals surface area contributed by atoms with Gasteiger partial charge in [-0.25, -0.2) is 0 Å². The Kier molecular flexibility index (Phi) is 7.32. The van der Waals surface area contributed by atoms with Crippen LogP contribution in [0.2, 0.25) is 0 Å². The van der Waals surface area contributed by atoms with Gasteiger partial charge in [0.25, 0.3) is 5.91 Å². The molecule has 196 valence electrons. The molecule has 5 aromatic carbocycles. The quantitative estimate of drug-likeness (QED) is 0.154. The zero-order chi connectivity index (χ0) is 28.2. The molecule has 0 unspecified atom stereocenters. The van der Waals surface area contributed by atoms with Gasteiger partial charge in [-0.2, -0.15) is 5.26 Å². The van der Waals surface area contributed by atoms with Gasteiger partial charge in [-0.3, -0.25) is 4.79 Å². The molecule has 1 amide bonds. The maximum absolute atomic E-state index is 13.4. The second kappa shape index (κ2) is 11.5. The summed E-state index contributed by atoms with van der Waals surface area (Å²) in [4.78, 5) is 13.4. The first kappa shape index (κ1) is 26.1. The second-order valence-corrected chi connectivity index (χ2v) is 10.5. The average molecular weight is 595 g/mol. The summed E-state index contributed by atoms with van der Waals surface area (Å²) in [6.45, 7) is 0. The van der Waals surface area contributed by atoms with E-state index < -0.39 is 5.91 Å². The van der Waals surface area contributed by atoms with Gasteiger partial charge in [0.15, 0.2) is 0 Å². The Morgan fingerprint density at radius 2 is 1.37 bits per heavy atom. The average Bonchev–Trinajstić information content (AvgIpc) is 3.40. The summed E-state index contributed by atoms with van der Waals surface area (Å²) in [5, 5.41) is 15.1. The van der Waals surface area contributed by atoms with Crippen LogP contribution in [0, 0.1) is 11.3 Å². The van der Waals surface area contributed by atoms with Crippen molar-refractivity contribution in [3.8, 4) is 34.3 Å². The molecule has 0 aliphatic heterocycles. The number of nitriles is 1. The van der Waals surface area contributed by atoms with E-state index in [2.05, 4.69) is 44.0 Å². The van der Waals surface area contributed by atoms with Gasteiger partial charge in [0.2, 0.25) is 0 Å². The minimum atomic E-state index is -0.459. The Balaban J connectivity index is 1.50. The van der Waals surface area contributed by atoms with Crippen LogP contribution in [-0.4, -0.2) is 10.5 Å². The van der Waals surface area contributed by atoms with Gasteiger partial charge in [0, 0.05) is 21.4 Å². The van der Waals surface area contributed by atoms with E-state index in [4.69, 9.17) is 0 Å². The molecule has 0 atom stereocenters. The molecule has 0 aliphatic rings. The molecule has 1 heterocycles. The highest BCUT2D eigenvalue weighted by Gasteiger charge is 2.20.